The Bertz CT molecular complexity index is 587. The summed E-state index contributed by atoms with van der Waals surface area (Å²) in [7, 11) is 2.29. The number of rotatable bonds is 7. The molecule has 0 unspecified atom stereocenters. The minimum absolute atomic E-state index is 0. The number of carbonyl (C=O) groups is 3. The van der Waals surface area contributed by atoms with Gasteiger partial charge in [-0.05, 0) is 12.8 Å². The van der Waals surface area contributed by atoms with Crippen LogP contribution in [0.4, 0.5) is 39.5 Å². The molecule has 0 aromatic carbocycles. The number of carboxylic acid groups (broad SMARTS) is 1. The molecule has 0 spiro atoms. The van der Waals surface area contributed by atoms with Crippen molar-refractivity contribution in [3.63, 3.8) is 0 Å². The van der Waals surface area contributed by atoms with E-state index >= 15 is 0 Å². The van der Waals surface area contributed by atoms with Gasteiger partial charge in [-0.1, -0.05) is 0 Å². The zero-order valence-corrected chi connectivity index (χ0v) is 23.5. The molecule has 0 amide bonds. The second kappa shape index (κ2) is 30.5. The average Bonchev–Trinajstić information content (AvgIpc) is 3.37. The van der Waals surface area contributed by atoms with E-state index < -0.39 is 76.1 Å². The van der Waals surface area contributed by atoms with Gasteiger partial charge < -0.3 is 44.5 Å². The van der Waals surface area contributed by atoms with Crippen molar-refractivity contribution in [2.45, 2.75) is 31.4 Å². The van der Waals surface area contributed by atoms with Gasteiger partial charge in [0, 0.05) is 13.2 Å². The monoisotopic (exact) mass is 632 g/mol. The molecule has 0 aromatic heterocycles. The second-order valence-electron chi connectivity index (χ2n) is 6.01. The van der Waals surface area contributed by atoms with Crippen LogP contribution in [0.15, 0.2) is 0 Å². The zero-order valence-electron chi connectivity index (χ0n) is 21.5. The molecule has 1 heterocycles. The summed E-state index contributed by atoms with van der Waals surface area (Å²) in [4.78, 5) is 29.5. The normalized spacial score (nSPS) is 11.9. The molecule has 12 nitrogen and oxygen atoms in total. The van der Waals surface area contributed by atoms with Crippen molar-refractivity contribution in [2.24, 2.45) is 0 Å². The summed E-state index contributed by atoms with van der Waals surface area (Å²) in [6.45, 7) is -4.79. The summed E-state index contributed by atoms with van der Waals surface area (Å²) in [5.74, 6) is -2.84. The minimum atomic E-state index is -4.45. The predicted molar refractivity (Wildman–Crippen MR) is 108 cm³/mol. The van der Waals surface area contributed by atoms with Crippen molar-refractivity contribution in [3.8, 4) is 0 Å². The van der Waals surface area contributed by atoms with Gasteiger partial charge in [0.2, 0.25) is 0 Å². The number of carbonyl (C=O) groups excluding carboxylic acids is 2. The van der Waals surface area contributed by atoms with Crippen LogP contribution in [-0.2, 0) is 38.1 Å². The van der Waals surface area contributed by atoms with Crippen LogP contribution in [0.1, 0.15) is 12.8 Å². The summed E-state index contributed by atoms with van der Waals surface area (Å²) in [5, 5.41) is 23.0. The van der Waals surface area contributed by atoms with Gasteiger partial charge >= 0.3 is 66.0 Å². The van der Waals surface area contributed by atoms with Crippen LogP contribution in [0.2, 0.25) is 0 Å². The van der Waals surface area contributed by atoms with E-state index in [4.69, 9.17) is 20.1 Å². The Morgan fingerprint density at radius 2 is 1.07 bits per heavy atom. The Labute approximate surface area is 244 Å². The third kappa shape index (κ3) is 65.5. The van der Waals surface area contributed by atoms with E-state index in [0.29, 0.717) is 0 Å². The fourth-order valence-corrected chi connectivity index (χ4v) is 1.14. The Balaban J connectivity index is -0.0000000920. The molecule has 22 heteroatoms. The maximum atomic E-state index is 11.3. The van der Waals surface area contributed by atoms with Crippen LogP contribution in [0.5, 0.6) is 0 Å². The first-order valence-electron chi connectivity index (χ1n) is 9.75. The van der Waals surface area contributed by atoms with Crippen LogP contribution >= 0.6 is 0 Å². The molecule has 1 aliphatic heterocycles. The average molecular weight is 632 g/mol. The summed E-state index contributed by atoms with van der Waals surface area (Å²) < 4.78 is 120. The molecule has 0 atom stereocenters. The van der Waals surface area contributed by atoms with Gasteiger partial charge in [0.05, 0.1) is 14.2 Å². The fourth-order valence-electron chi connectivity index (χ4n) is 1.14. The Morgan fingerprint density at radius 1 is 0.725 bits per heavy atom. The number of alkyl halides is 9. The number of ether oxygens (including phenoxy) is 5. The van der Waals surface area contributed by atoms with Gasteiger partial charge in [0.25, 0.3) is 0 Å². The van der Waals surface area contributed by atoms with E-state index in [2.05, 4.69) is 18.9 Å². The number of halogens is 9. The number of aliphatic hydroxyl groups excluding tert-OH is 2. The van der Waals surface area contributed by atoms with Crippen molar-refractivity contribution in [1.29, 1.82) is 0 Å². The number of methoxy groups -OCH3 is 2. The summed E-state index contributed by atoms with van der Waals surface area (Å²) in [5.41, 5.74) is 0. The maximum absolute atomic E-state index is 11.3. The molecule has 1 rings (SSSR count). The van der Waals surface area contributed by atoms with Crippen LogP contribution in [0.3, 0.4) is 0 Å². The molecule has 238 valence electrons. The smallest absolute Gasteiger partial charge is 0.870 e. The SMILES string of the molecule is C1CCOC1.COC(=O)CO.COC(=O)COCC(F)(F)F.O=C(O)COCC(F)(F)F.OCC(F)(F)F.[Na+].[OH-]. The summed E-state index contributed by atoms with van der Waals surface area (Å²) in [6.07, 6.45) is -10.7. The number of aliphatic hydroxyl groups is 2. The Kier molecular flexibility index (Phi) is 39.1. The summed E-state index contributed by atoms with van der Waals surface area (Å²) in [6, 6.07) is 0. The molecule has 1 saturated heterocycles. The molecule has 0 bridgehead atoms. The van der Waals surface area contributed by atoms with E-state index in [1.54, 1.807) is 0 Å². The number of carboxylic acids is 1. The minimum Gasteiger partial charge on any atom is -0.870 e. The van der Waals surface area contributed by atoms with Crippen LogP contribution < -0.4 is 29.6 Å². The molecule has 1 aliphatic rings. The topological polar surface area (TPSA) is 188 Å². The Hall–Kier alpha value is -1.46. The first-order valence-corrected chi connectivity index (χ1v) is 9.75. The van der Waals surface area contributed by atoms with E-state index in [9.17, 15) is 53.9 Å². The van der Waals surface area contributed by atoms with E-state index in [1.165, 1.54) is 20.0 Å². The predicted octanol–water partition coefficient (Wildman–Crippen LogP) is -1.30. The molecular formula is C18H30F9NaO12. The van der Waals surface area contributed by atoms with Crippen LogP contribution in [0, 0.1) is 0 Å². The van der Waals surface area contributed by atoms with E-state index in [-0.39, 0.29) is 35.0 Å². The third-order valence-corrected chi connectivity index (χ3v) is 2.57. The number of hydrogen-bond donors (Lipinski definition) is 3. The van der Waals surface area contributed by atoms with Crippen molar-refractivity contribution < 1.29 is 128 Å². The van der Waals surface area contributed by atoms with Gasteiger partial charge in [-0.2, -0.15) is 39.5 Å². The van der Waals surface area contributed by atoms with Crippen molar-refractivity contribution in [2.75, 3.05) is 67.1 Å². The van der Waals surface area contributed by atoms with Crippen molar-refractivity contribution in [1.82, 2.24) is 0 Å². The second-order valence-corrected chi connectivity index (χ2v) is 6.01. The van der Waals surface area contributed by atoms with E-state index in [0.717, 1.165) is 20.3 Å². The Morgan fingerprint density at radius 3 is 1.25 bits per heavy atom. The molecular weight excluding hydrogens is 602 g/mol. The molecule has 4 N–H and O–H groups in total. The van der Waals surface area contributed by atoms with Crippen LogP contribution in [-0.4, -0.2) is 124 Å². The van der Waals surface area contributed by atoms with Crippen molar-refractivity contribution >= 4 is 17.9 Å². The van der Waals surface area contributed by atoms with Gasteiger partial charge in [-0.25, -0.2) is 14.4 Å². The first-order chi connectivity index (χ1) is 17.2. The van der Waals surface area contributed by atoms with Gasteiger partial charge in [0.1, 0.15) is 39.6 Å². The number of esters is 2. The van der Waals surface area contributed by atoms with Gasteiger partial charge in [0.15, 0.2) is 0 Å². The van der Waals surface area contributed by atoms with Crippen molar-refractivity contribution in [3.05, 3.63) is 0 Å². The van der Waals surface area contributed by atoms with E-state index in [1.807, 2.05) is 0 Å². The molecule has 0 saturated carbocycles. The quantitative estimate of drug-likeness (QED) is 0.171. The zero-order chi connectivity index (χ0) is 30.8. The first kappa shape index (κ1) is 51.3. The number of aliphatic carboxylic acids is 1. The van der Waals surface area contributed by atoms with Gasteiger partial charge in [-0.3, -0.25) is 0 Å². The molecule has 0 radical (unpaired) electrons. The maximum Gasteiger partial charge on any atom is 1.00 e. The molecule has 0 aromatic rings. The fraction of sp³-hybridized carbons (Fsp3) is 0.833. The molecule has 1 fully saturated rings. The largest absolute Gasteiger partial charge is 1.00 e. The standard InChI is InChI=1S/C5H7F3O3.C4H5F3O3.C4H8O.C3H6O3.C2H3F3O.Na.H2O/c1-10-4(9)2-11-3-5(6,7)8;5-4(6,7)2-10-1-3(8)9;1-2-4-5-3-1;1-6-3(5)2-4;3-2(4,5)1-6;;/h2-3H2,1H3;1-2H2,(H,8,9);1-4H2;4H,2H2,1H3;6H,1H2;;1H2/q;;;;;+1;/p-1. The number of hydrogen-bond acceptors (Lipinski definition) is 11. The van der Waals surface area contributed by atoms with Gasteiger partial charge in [-0.15, -0.1) is 0 Å². The summed E-state index contributed by atoms with van der Waals surface area (Å²) >= 11 is 0. The third-order valence-electron chi connectivity index (χ3n) is 2.57. The molecule has 0 aliphatic carbocycles. The van der Waals surface area contributed by atoms with Crippen LogP contribution in [0.25, 0.3) is 0 Å². The molecule has 40 heavy (non-hydrogen) atoms.